The third kappa shape index (κ3) is 3.11. The molecule has 1 heterocycles. The Labute approximate surface area is 119 Å². The molecule has 0 saturated heterocycles. The fraction of sp³-hybridized carbons (Fsp3) is 0.154. The van der Waals surface area contributed by atoms with Gasteiger partial charge in [-0.25, -0.2) is 4.98 Å². The molecular formula is C13H12N4O4. The summed E-state index contributed by atoms with van der Waals surface area (Å²) in [4.78, 5) is 24.9. The second kappa shape index (κ2) is 5.95. The number of nitro groups is 2. The topological polar surface area (TPSA) is 111 Å². The lowest BCUT2D eigenvalue weighted by Gasteiger charge is -2.07. The summed E-state index contributed by atoms with van der Waals surface area (Å²) in [6.07, 6.45) is 1.45. The molecule has 0 spiro atoms. The lowest BCUT2D eigenvalue weighted by atomic mass is 10.1. The van der Waals surface area contributed by atoms with Crippen LogP contribution in [0.15, 0.2) is 36.5 Å². The maximum atomic E-state index is 11.0. The zero-order valence-electron chi connectivity index (χ0n) is 11.1. The van der Waals surface area contributed by atoms with Crippen molar-refractivity contribution in [3.63, 3.8) is 0 Å². The number of nitrogens with zero attached hydrogens (tertiary/aromatic N) is 3. The molecule has 8 nitrogen and oxygen atoms in total. The van der Waals surface area contributed by atoms with E-state index in [2.05, 4.69) is 10.3 Å². The summed E-state index contributed by atoms with van der Waals surface area (Å²) in [6, 6.07) is 7.74. The third-order valence-electron chi connectivity index (χ3n) is 2.94. The molecule has 0 bridgehead atoms. The maximum absolute atomic E-state index is 11.0. The smallest absolute Gasteiger partial charge is 0.314 e. The van der Waals surface area contributed by atoms with E-state index in [1.54, 1.807) is 25.1 Å². The lowest BCUT2D eigenvalue weighted by Crippen LogP contribution is -2.07. The fourth-order valence-electron chi connectivity index (χ4n) is 1.93. The number of nitrogens with one attached hydrogen (secondary N) is 1. The highest BCUT2D eigenvalue weighted by Crippen LogP contribution is 2.27. The highest BCUT2D eigenvalue weighted by Gasteiger charge is 2.19. The maximum Gasteiger partial charge on any atom is 0.314 e. The zero-order valence-corrected chi connectivity index (χ0v) is 11.1. The van der Waals surface area contributed by atoms with Crippen molar-refractivity contribution in [3.8, 4) is 0 Å². The summed E-state index contributed by atoms with van der Waals surface area (Å²) in [5.74, 6) is 0.0955. The number of aromatic nitrogens is 1. The Kier molecular flexibility index (Phi) is 4.07. The molecule has 2 aromatic rings. The van der Waals surface area contributed by atoms with Gasteiger partial charge in [0.05, 0.1) is 9.85 Å². The van der Waals surface area contributed by atoms with E-state index in [9.17, 15) is 20.2 Å². The second-order valence-corrected chi connectivity index (χ2v) is 4.32. The Morgan fingerprint density at radius 1 is 1.14 bits per heavy atom. The average Bonchev–Trinajstić information content (AvgIpc) is 2.44. The quantitative estimate of drug-likeness (QED) is 0.668. The molecular weight excluding hydrogens is 276 g/mol. The fourth-order valence-corrected chi connectivity index (χ4v) is 1.93. The van der Waals surface area contributed by atoms with Crippen LogP contribution in [0.1, 0.15) is 11.1 Å². The van der Waals surface area contributed by atoms with Crippen LogP contribution in [0.2, 0.25) is 0 Å². The van der Waals surface area contributed by atoms with Gasteiger partial charge in [0, 0.05) is 29.9 Å². The molecule has 2 rings (SSSR count). The van der Waals surface area contributed by atoms with Gasteiger partial charge in [0.2, 0.25) is 5.82 Å². The number of aryl methyl sites for hydroxylation is 1. The number of hydrogen-bond donors (Lipinski definition) is 1. The Hall–Kier alpha value is -3.03. The molecule has 0 unspecified atom stereocenters. The zero-order chi connectivity index (χ0) is 15.4. The lowest BCUT2D eigenvalue weighted by molar-refractivity contribution is -0.385. The van der Waals surface area contributed by atoms with Gasteiger partial charge in [-0.3, -0.25) is 20.2 Å². The molecule has 8 heteroatoms. The molecule has 1 aromatic heterocycles. The Balaban J connectivity index is 2.28. The van der Waals surface area contributed by atoms with Gasteiger partial charge in [-0.2, -0.15) is 0 Å². The first kappa shape index (κ1) is 14.4. The van der Waals surface area contributed by atoms with Crippen molar-refractivity contribution in [3.05, 3.63) is 67.9 Å². The summed E-state index contributed by atoms with van der Waals surface area (Å²) >= 11 is 0. The van der Waals surface area contributed by atoms with Gasteiger partial charge in [0.1, 0.15) is 0 Å². The van der Waals surface area contributed by atoms with Crippen molar-refractivity contribution in [2.75, 3.05) is 5.32 Å². The Bertz CT molecular complexity index is 702. The molecule has 1 N–H and O–H groups in total. The number of rotatable bonds is 5. The van der Waals surface area contributed by atoms with Crippen molar-refractivity contribution in [1.82, 2.24) is 4.98 Å². The van der Waals surface area contributed by atoms with Gasteiger partial charge in [-0.05, 0) is 13.0 Å². The van der Waals surface area contributed by atoms with Gasteiger partial charge in [0.15, 0.2) is 0 Å². The number of benzene rings is 1. The number of nitro benzene ring substituents is 1. The largest absolute Gasteiger partial charge is 0.360 e. The van der Waals surface area contributed by atoms with Crippen molar-refractivity contribution < 1.29 is 9.85 Å². The molecule has 0 aliphatic rings. The highest BCUT2D eigenvalue weighted by molar-refractivity contribution is 5.60. The van der Waals surface area contributed by atoms with Gasteiger partial charge in [-0.1, -0.05) is 18.2 Å². The number of anilines is 1. The van der Waals surface area contributed by atoms with Crippen molar-refractivity contribution >= 4 is 17.2 Å². The van der Waals surface area contributed by atoms with Gasteiger partial charge < -0.3 is 5.32 Å². The van der Waals surface area contributed by atoms with Crippen LogP contribution in [-0.2, 0) is 6.54 Å². The first-order chi connectivity index (χ1) is 10.0. The highest BCUT2D eigenvalue weighted by atomic mass is 16.6. The number of para-hydroxylation sites is 1. The van der Waals surface area contributed by atoms with Crippen molar-refractivity contribution in [1.29, 1.82) is 0 Å². The summed E-state index contributed by atoms with van der Waals surface area (Å²) in [7, 11) is 0. The molecule has 21 heavy (non-hydrogen) atoms. The van der Waals surface area contributed by atoms with E-state index in [0.717, 1.165) is 0 Å². The molecule has 0 aliphatic heterocycles. The molecule has 0 aliphatic carbocycles. The standard InChI is InChI=1S/C13H12N4O4/c1-9-6-7-14-13(12(9)17(20)21)15-8-10-4-2-3-5-11(10)16(18)19/h2-7H,8H2,1H3,(H,14,15). The van der Waals surface area contributed by atoms with Crippen LogP contribution < -0.4 is 5.32 Å². The van der Waals surface area contributed by atoms with E-state index in [1.165, 1.54) is 18.3 Å². The van der Waals surface area contributed by atoms with E-state index >= 15 is 0 Å². The van der Waals surface area contributed by atoms with E-state index in [0.29, 0.717) is 11.1 Å². The SMILES string of the molecule is Cc1ccnc(NCc2ccccc2[N+](=O)[O-])c1[N+](=O)[O-]. The van der Waals surface area contributed by atoms with Gasteiger partial charge in [0.25, 0.3) is 5.69 Å². The minimum Gasteiger partial charge on any atom is -0.360 e. The number of pyridine rings is 1. The molecule has 108 valence electrons. The summed E-state index contributed by atoms with van der Waals surface area (Å²) in [5, 5.41) is 24.8. The van der Waals surface area contributed by atoms with Crippen LogP contribution in [0.5, 0.6) is 0 Å². The molecule has 0 atom stereocenters. The van der Waals surface area contributed by atoms with Crippen LogP contribution in [0, 0.1) is 27.2 Å². The number of hydrogen-bond acceptors (Lipinski definition) is 6. The van der Waals surface area contributed by atoms with Crippen molar-refractivity contribution in [2.45, 2.75) is 13.5 Å². The average molecular weight is 288 g/mol. The van der Waals surface area contributed by atoms with E-state index < -0.39 is 9.85 Å². The van der Waals surface area contributed by atoms with Gasteiger partial charge >= 0.3 is 5.69 Å². The summed E-state index contributed by atoms with van der Waals surface area (Å²) in [5.41, 5.74) is 0.733. The van der Waals surface area contributed by atoms with Crippen LogP contribution in [-0.4, -0.2) is 14.8 Å². The molecule has 0 amide bonds. The second-order valence-electron chi connectivity index (χ2n) is 4.32. The molecule has 1 aromatic carbocycles. The molecule has 0 fully saturated rings. The molecule has 0 radical (unpaired) electrons. The minimum atomic E-state index is -0.524. The summed E-state index contributed by atoms with van der Waals surface area (Å²) < 4.78 is 0. The summed E-state index contributed by atoms with van der Waals surface area (Å²) in [6.45, 7) is 1.68. The molecule has 0 saturated carbocycles. The van der Waals surface area contributed by atoms with Crippen LogP contribution in [0.25, 0.3) is 0 Å². The minimum absolute atomic E-state index is 0.0414. The predicted molar refractivity (Wildman–Crippen MR) is 76.1 cm³/mol. The van der Waals surface area contributed by atoms with E-state index in [-0.39, 0.29) is 23.7 Å². The third-order valence-corrected chi connectivity index (χ3v) is 2.94. The van der Waals surface area contributed by atoms with E-state index in [4.69, 9.17) is 0 Å². The van der Waals surface area contributed by atoms with Gasteiger partial charge in [-0.15, -0.1) is 0 Å². The van der Waals surface area contributed by atoms with Crippen molar-refractivity contribution in [2.24, 2.45) is 0 Å². The first-order valence-corrected chi connectivity index (χ1v) is 6.07. The van der Waals surface area contributed by atoms with Crippen LogP contribution in [0.3, 0.4) is 0 Å². The van der Waals surface area contributed by atoms with Crippen LogP contribution >= 0.6 is 0 Å². The van der Waals surface area contributed by atoms with Crippen LogP contribution in [0.4, 0.5) is 17.2 Å². The monoisotopic (exact) mass is 288 g/mol. The van der Waals surface area contributed by atoms with E-state index in [1.807, 2.05) is 0 Å². The predicted octanol–water partition coefficient (Wildman–Crippen LogP) is 2.82. The Morgan fingerprint density at radius 3 is 2.52 bits per heavy atom. The normalized spacial score (nSPS) is 10.1. The first-order valence-electron chi connectivity index (χ1n) is 6.07. The Morgan fingerprint density at radius 2 is 1.86 bits per heavy atom.